The van der Waals surface area contributed by atoms with Crippen molar-refractivity contribution in [3.8, 4) is 17.2 Å². The molecule has 0 unspecified atom stereocenters. The Balaban J connectivity index is 1.87. The average molecular weight is 694 g/mol. The van der Waals surface area contributed by atoms with Crippen LogP contribution in [0.5, 0.6) is 17.2 Å². The maximum Gasteiger partial charge on any atom is 0.265 e. The SMILES string of the molecule is CCNC(=O)[C@@H](Cc1ccccc1)N(Cc1ccc(C)cc1)C(=O)CN(c1cc(Cl)ccc1OC)S(=O)(=O)c1ccc(OC)c(OC)c1. The molecule has 0 heterocycles. The van der Waals surface area contributed by atoms with Crippen LogP contribution in [0, 0.1) is 6.92 Å². The molecule has 0 saturated heterocycles. The van der Waals surface area contributed by atoms with Gasteiger partial charge in [-0.25, -0.2) is 8.42 Å². The number of benzene rings is 4. The lowest BCUT2D eigenvalue weighted by Gasteiger charge is -2.34. The molecule has 4 rings (SSSR count). The fourth-order valence-corrected chi connectivity index (χ4v) is 6.81. The van der Waals surface area contributed by atoms with Crippen molar-refractivity contribution >= 4 is 39.1 Å². The van der Waals surface area contributed by atoms with Crippen LogP contribution in [-0.4, -0.2) is 65.6 Å². The number of rotatable bonds is 15. The van der Waals surface area contributed by atoms with E-state index in [-0.39, 0.29) is 46.0 Å². The number of hydrogen-bond acceptors (Lipinski definition) is 7. The minimum Gasteiger partial charge on any atom is -0.495 e. The van der Waals surface area contributed by atoms with Crippen molar-refractivity contribution in [3.63, 3.8) is 0 Å². The second kappa shape index (κ2) is 16.4. The van der Waals surface area contributed by atoms with Crippen molar-refractivity contribution in [2.75, 3.05) is 38.7 Å². The molecular formula is C36H40ClN3O7S. The highest BCUT2D eigenvalue weighted by Crippen LogP contribution is 2.37. The molecule has 0 radical (unpaired) electrons. The Hall–Kier alpha value is -4.74. The molecule has 0 aliphatic carbocycles. The maximum atomic E-state index is 14.6. The topological polar surface area (TPSA) is 114 Å². The number of carbonyl (C=O) groups excluding carboxylic acids is 2. The van der Waals surface area contributed by atoms with E-state index in [4.69, 9.17) is 25.8 Å². The highest BCUT2D eigenvalue weighted by atomic mass is 35.5. The standard InChI is InChI=1S/C36H40ClN3O7S/c1-6-38-36(42)31(20-26-10-8-7-9-11-26)39(23-27-14-12-25(2)13-15-27)35(41)24-40(30-21-28(37)16-18-32(30)45-3)48(43,44)29-17-19-33(46-4)34(22-29)47-5/h7-19,21-22,31H,6,20,23-24H2,1-5H3,(H,38,42)/t31-/m1/s1. The van der Waals surface area contributed by atoms with Crippen molar-refractivity contribution in [3.05, 3.63) is 113 Å². The summed E-state index contributed by atoms with van der Waals surface area (Å²) in [4.78, 5) is 29.6. The summed E-state index contributed by atoms with van der Waals surface area (Å²) in [6.45, 7) is 3.46. The lowest BCUT2D eigenvalue weighted by Crippen LogP contribution is -2.53. The molecule has 0 bridgehead atoms. The Bertz CT molecular complexity index is 1820. The van der Waals surface area contributed by atoms with Gasteiger partial charge < -0.3 is 24.4 Å². The molecule has 1 atom stereocenters. The van der Waals surface area contributed by atoms with Gasteiger partial charge in [-0.1, -0.05) is 71.8 Å². The highest BCUT2D eigenvalue weighted by molar-refractivity contribution is 7.92. The van der Waals surface area contributed by atoms with Gasteiger partial charge in [-0.05, 0) is 55.3 Å². The van der Waals surface area contributed by atoms with Crippen LogP contribution in [0.1, 0.15) is 23.6 Å². The molecule has 0 aliphatic heterocycles. The predicted octanol–water partition coefficient (Wildman–Crippen LogP) is 5.65. The number of amides is 2. The number of nitrogens with zero attached hydrogens (tertiary/aromatic N) is 2. The van der Waals surface area contributed by atoms with Crippen molar-refractivity contribution in [2.45, 2.75) is 37.8 Å². The van der Waals surface area contributed by atoms with Gasteiger partial charge in [0.05, 0.1) is 31.9 Å². The molecule has 1 N–H and O–H groups in total. The predicted molar refractivity (Wildman–Crippen MR) is 186 cm³/mol. The molecule has 0 spiro atoms. The van der Waals surface area contributed by atoms with Crippen LogP contribution >= 0.6 is 11.6 Å². The Morgan fingerprint density at radius 3 is 2.08 bits per heavy atom. The molecule has 48 heavy (non-hydrogen) atoms. The van der Waals surface area contributed by atoms with Gasteiger partial charge in [0, 0.05) is 30.6 Å². The van der Waals surface area contributed by atoms with E-state index in [9.17, 15) is 18.0 Å². The van der Waals surface area contributed by atoms with E-state index in [1.165, 1.54) is 56.6 Å². The second-order valence-corrected chi connectivity index (χ2v) is 13.3. The molecule has 0 saturated carbocycles. The fourth-order valence-electron chi connectivity index (χ4n) is 5.21. The first-order valence-corrected chi connectivity index (χ1v) is 17.1. The summed E-state index contributed by atoms with van der Waals surface area (Å²) >= 11 is 6.38. The van der Waals surface area contributed by atoms with Gasteiger partial charge in [0.2, 0.25) is 11.8 Å². The van der Waals surface area contributed by atoms with Gasteiger partial charge in [-0.3, -0.25) is 13.9 Å². The molecule has 10 nitrogen and oxygen atoms in total. The van der Waals surface area contributed by atoms with E-state index < -0.39 is 28.5 Å². The van der Waals surface area contributed by atoms with E-state index in [0.29, 0.717) is 12.3 Å². The minimum atomic E-state index is -4.47. The van der Waals surface area contributed by atoms with E-state index in [1.54, 1.807) is 13.0 Å². The quantitative estimate of drug-likeness (QED) is 0.171. The number of methoxy groups -OCH3 is 3. The molecule has 0 fully saturated rings. The van der Waals surface area contributed by atoms with Crippen molar-refractivity contribution < 1.29 is 32.2 Å². The van der Waals surface area contributed by atoms with E-state index in [2.05, 4.69) is 5.32 Å². The number of aryl methyl sites for hydroxylation is 1. The van der Waals surface area contributed by atoms with Crippen molar-refractivity contribution in [2.24, 2.45) is 0 Å². The fraction of sp³-hybridized carbons (Fsp3) is 0.278. The van der Waals surface area contributed by atoms with Crippen LogP contribution in [0.4, 0.5) is 5.69 Å². The minimum absolute atomic E-state index is 0.0426. The van der Waals surface area contributed by atoms with Gasteiger partial charge in [0.15, 0.2) is 11.5 Å². The number of nitrogens with one attached hydrogen (secondary N) is 1. The largest absolute Gasteiger partial charge is 0.495 e. The number of anilines is 1. The summed E-state index contributed by atoms with van der Waals surface area (Å²) in [6.07, 6.45) is 0.202. The third kappa shape index (κ3) is 8.59. The average Bonchev–Trinajstić information content (AvgIpc) is 3.09. The summed E-state index contributed by atoms with van der Waals surface area (Å²) in [5.41, 5.74) is 2.68. The summed E-state index contributed by atoms with van der Waals surface area (Å²) in [7, 11) is -0.242. The van der Waals surface area contributed by atoms with Crippen LogP contribution in [-0.2, 0) is 32.6 Å². The first kappa shape index (κ1) is 36.1. The number of likely N-dealkylation sites (N-methyl/N-ethyl adjacent to an activating group) is 1. The van der Waals surface area contributed by atoms with Crippen LogP contribution in [0.15, 0.2) is 95.9 Å². The summed E-state index contributed by atoms with van der Waals surface area (Å²) in [5.74, 6) is -0.298. The second-order valence-electron chi connectivity index (χ2n) is 11.0. The molecule has 12 heteroatoms. The number of carbonyl (C=O) groups is 2. The molecule has 0 aromatic heterocycles. The third-order valence-electron chi connectivity index (χ3n) is 7.73. The Kier molecular flexibility index (Phi) is 12.3. The number of hydrogen-bond donors (Lipinski definition) is 1. The molecule has 4 aromatic carbocycles. The van der Waals surface area contributed by atoms with Gasteiger partial charge >= 0.3 is 0 Å². The first-order valence-electron chi connectivity index (χ1n) is 15.3. The Morgan fingerprint density at radius 1 is 0.812 bits per heavy atom. The molecular weight excluding hydrogens is 654 g/mol. The normalized spacial score (nSPS) is 11.7. The van der Waals surface area contributed by atoms with Gasteiger partial charge in [-0.15, -0.1) is 0 Å². The monoisotopic (exact) mass is 693 g/mol. The number of ether oxygens (including phenoxy) is 3. The van der Waals surface area contributed by atoms with Gasteiger partial charge in [-0.2, -0.15) is 0 Å². The number of sulfonamides is 1. The van der Waals surface area contributed by atoms with E-state index >= 15 is 0 Å². The molecule has 0 aliphatic rings. The van der Waals surface area contributed by atoms with Gasteiger partial charge in [0.25, 0.3) is 10.0 Å². The smallest absolute Gasteiger partial charge is 0.265 e. The Morgan fingerprint density at radius 2 is 1.46 bits per heavy atom. The van der Waals surface area contributed by atoms with Crippen LogP contribution in [0.2, 0.25) is 5.02 Å². The summed E-state index contributed by atoms with van der Waals surface area (Å²) in [5, 5.41) is 3.09. The van der Waals surface area contributed by atoms with Crippen molar-refractivity contribution in [1.29, 1.82) is 0 Å². The van der Waals surface area contributed by atoms with E-state index in [1.807, 2.05) is 61.5 Å². The summed E-state index contributed by atoms with van der Waals surface area (Å²) in [6, 6.07) is 24.6. The molecule has 4 aromatic rings. The molecule has 2 amide bonds. The van der Waals surface area contributed by atoms with Gasteiger partial charge in [0.1, 0.15) is 18.3 Å². The lowest BCUT2D eigenvalue weighted by atomic mass is 10.0. The zero-order chi connectivity index (χ0) is 34.8. The number of halogens is 1. The highest BCUT2D eigenvalue weighted by Gasteiger charge is 2.36. The van der Waals surface area contributed by atoms with Crippen LogP contribution in [0.3, 0.4) is 0 Å². The zero-order valence-electron chi connectivity index (χ0n) is 27.6. The van der Waals surface area contributed by atoms with Crippen molar-refractivity contribution in [1.82, 2.24) is 10.2 Å². The van der Waals surface area contributed by atoms with E-state index in [0.717, 1.165) is 21.0 Å². The van der Waals surface area contributed by atoms with Crippen LogP contribution in [0.25, 0.3) is 0 Å². The third-order valence-corrected chi connectivity index (χ3v) is 9.72. The first-order chi connectivity index (χ1) is 23.0. The lowest BCUT2D eigenvalue weighted by molar-refractivity contribution is -0.140. The zero-order valence-corrected chi connectivity index (χ0v) is 29.2. The Labute approximate surface area is 287 Å². The van der Waals surface area contributed by atoms with Crippen LogP contribution < -0.4 is 23.8 Å². The molecule has 254 valence electrons. The maximum absolute atomic E-state index is 14.6. The summed E-state index contributed by atoms with van der Waals surface area (Å²) < 4.78 is 46.2.